The molecule has 2 unspecified atom stereocenters. The summed E-state index contributed by atoms with van der Waals surface area (Å²) in [5.41, 5.74) is 0. The molecule has 2 N–H and O–H groups in total. The number of hydrogen-bond acceptors (Lipinski definition) is 7. The first-order valence-corrected chi connectivity index (χ1v) is 10.1. The van der Waals surface area contributed by atoms with Crippen LogP contribution in [0.4, 0.5) is 4.79 Å². The molecule has 7 nitrogen and oxygen atoms in total. The lowest BCUT2D eigenvalue weighted by Crippen LogP contribution is -2.48. The van der Waals surface area contributed by atoms with E-state index in [0.29, 0.717) is 17.0 Å². The van der Waals surface area contributed by atoms with Crippen LogP contribution in [0.15, 0.2) is 27.2 Å². The zero-order chi connectivity index (χ0) is 17.6. The predicted octanol–water partition coefficient (Wildman–Crippen LogP) is 3.29. The van der Waals surface area contributed by atoms with Gasteiger partial charge >= 0.3 is 6.03 Å². The highest BCUT2D eigenvalue weighted by atomic mass is 32.2. The van der Waals surface area contributed by atoms with E-state index in [2.05, 4.69) is 27.8 Å². The van der Waals surface area contributed by atoms with Crippen molar-refractivity contribution in [3.8, 4) is 10.8 Å². The maximum absolute atomic E-state index is 11.9. The van der Waals surface area contributed by atoms with Crippen LogP contribution in [0.3, 0.4) is 0 Å². The Morgan fingerprint density at radius 1 is 1.36 bits per heavy atom. The SMILES string of the molecule is CC1CCCCC1NC(=O)NC(=O)CSc1nnc(-c2cccs2)o1. The van der Waals surface area contributed by atoms with Gasteiger partial charge in [0, 0.05) is 6.04 Å². The fraction of sp³-hybridized carbons (Fsp3) is 0.500. The molecule has 0 bridgehead atoms. The minimum absolute atomic E-state index is 0.0414. The molecule has 0 radical (unpaired) electrons. The van der Waals surface area contributed by atoms with Gasteiger partial charge in [-0.15, -0.1) is 21.5 Å². The van der Waals surface area contributed by atoms with E-state index in [-0.39, 0.29) is 17.7 Å². The van der Waals surface area contributed by atoms with E-state index in [0.717, 1.165) is 35.9 Å². The summed E-state index contributed by atoms with van der Waals surface area (Å²) in [4.78, 5) is 24.7. The highest BCUT2D eigenvalue weighted by molar-refractivity contribution is 7.99. The molecule has 0 saturated heterocycles. The van der Waals surface area contributed by atoms with Crippen LogP contribution >= 0.6 is 23.1 Å². The fourth-order valence-corrected chi connectivity index (χ4v) is 4.00. The summed E-state index contributed by atoms with van der Waals surface area (Å²) in [5, 5.41) is 15.3. The smallest absolute Gasteiger partial charge is 0.321 e. The first-order chi connectivity index (χ1) is 12.1. The third-order valence-corrected chi connectivity index (χ3v) is 5.82. The van der Waals surface area contributed by atoms with Gasteiger partial charge in [-0.1, -0.05) is 37.6 Å². The van der Waals surface area contributed by atoms with Gasteiger partial charge < -0.3 is 9.73 Å². The van der Waals surface area contributed by atoms with Crippen LogP contribution < -0.4 is 10.6 Å². The molecular formula is C16H20N4O3S2. The lowest BCUT2D eigenvalue weighted by Gasteiger charge is -2.29. The van der Waals surface area contributed by atoms with Crippen molar-refractivity contribution in [1.29, 1.82) is 0 Å². The first kappa shape index (κ1) is 17.9. The van der Waals surface area contributed by atoms with E-state index < -0.39 is 6.03 Å². The minimum Gasteiger partial charge on any atom is -0.410 e. The molecule has 1 aliphatic carbocycles. The second-order valence-electron chi connectivity index (χ2n) is 6.03. The number of rotatable bonds is 5. The standard InChI is InChI=1S/C16H20N4O3S2/c1-10-5-2-3-6-11(10)17-15(22)18-13(21)9-25-16-20-19-14(23-16)12-7-4-8-24-12/h4,7-8,10-11H,2-3,5-6,9H2,1H3,(H2,17,18,21,22). The van der Waals surface area contributed by atoms with Crippen molar-refractivity contribution in [3.05, 3.63) is 17.5 Å². The lowest BCUT2D eigenvalue weighted by atomic mass is 9.86. The number of thiophene rings is 1. The van der Waals surface area contributed by atoms with Gasteiger partial charge in [0.25, 0.3) is 11.1 Å². The molecule has 134 valence electrons. The topological polar surface area (TPSA) is 97.1 Å². The number of nitrogens with zero attached hydrogens (tertiary/aromatic N) is 2. The monoisotopic (exact) mass is 380 g/mol. The molecule has 2 aromatic heterocycles. The van der Waals surface area contributed by atoms with Gasteiger partial charge in [-0.3, -0.25) is 10.1 Å². The van der Waals surface area contributed by atoms with E-state index in [4.69, 9.17) is 4.42 Å². The summed E-state index contributed by atoms with van der Waals surface area (Å²) < 4.78 is 5.49. The summed E-state index contributed by atoms with van der Waals surface area (Å²) in [5.74, 6) is 0.529. The Morgan fingerprint density at radius 3 is 2.96 bits per heavy atom. The number of carbonyl (C=O) groups excluding carboxylic acids is 2. The van der Waals surface area contributed by atoms with Gasteiger partial charge in [0.05, 0.1) is 10.6 Å². The molecule has 1 aliphatic rings. The third-order valence-electron chi connectivity index (χ3n) is 4.15. The van der Waals surface area contributed by atoms with Crippen LogP contribution in [0.25, 0.3) is 10.8 Å². The lowest BCUT2D eigenvalue weighted by molar-refractivity contribution is -0.117. The maximum Gasteiger partial charge on any atom is 0.321 e. The second-order valence-corrected chi connectivity index (χ2v) is 7.90. The summed E-state index contributed by atoms with van der Waals surface area (Å²) in [6.07, 6.45) is 4.39. The first-order valence-electron chi connectivity index (χ1n) is 8.22. The minimum atomic E-state index is -0.436. The molecule has 0 aromatic carbocycles. The molecular weight excluding hydrogens is 360 g/mol. The molecule has 0 aliphatic heterocycles. The molecule has 2 aromatic rings. The third kappa shape index (κ3) is 5.05. The number of amides is 3. The van der Waals surface area contributed by atoms with Crippen molar-refractivity contribution in [2.24, 2.45) is 5.92 Å². The summed E-state index contributed by atoms with van der Waals surface area (Å²) >= 11 is 2.61. The normalized spacial score (nSPS) is 20.2. The Bertz CT molecular complexity index is 717. The maximum atomic E-state index is 11.9. The van der Waals surface area contributed by atoms with Gasteiger partial charge in [-0.2, -0.15) is 0 Å². The summed E-state index contributed by atoms with van der Waals surface area (Å²) in [7, 11) is 0. The van der Waals surface area contributed by atoms with Crippen LogP contribution in [0.1, 0.15) is 32.6 Å². The number of aromatic nitrogens is 2. The number of nitrogens with one attached hydrogen (secondary N) is 2. The quantitative estimate of drug-likeness (QED) is 0.773. The van der Waals surface area contributed by atoms with Crippen molar-refractivity contribution in [1.82, 2.24) is 20.8 Å². The Kier molecular flexibility index (Phi) is 6.09. The highest BCUT2D eigenvalue weighted by Gasteiger charge is 2.23. The van der Waals surface area contributed by atoms with E-state index >= 15 is 0 Å². The predicted molar refractivity (Wildman–Crippen MR) is 96.4 cm³/mol. The molecule has 0 spiro atoms. The Labute approximate surface area is 154 Å². The second kappa shape index (κ2) is 8.48. The highest BCUT2D eigenvalue weighted by Crippen LogP contribution is 2.26. The van der Waals surface area contributed by atoms with Gasteiger partial charge in [-0.05, 0) is 30.2 Å². The van der Waals surface area contributed by atoms with Crippen LogP contribution in [-0.2, 0) is 4.79 Å². The van der Waals surface area contributed by atoms with Gasteiger partial charge in [0.1, 0.15) is 0 Å². The van der Waals surface area contributed by atoms with Crippen molar-refractivity contribution in [2.75, 3.05) is 5.75 Å². The average Bonchev–Trinajstić information content (AvgIpc) is 3.26. The van der Waals surface area contributed by atoms with Crippen molar-refractivity contribution >= 4 is 35.0 Å². The van der Waals surface area contributed by atoms with Gasteiger partial charge in [-0.25, -0.2) is 4.79 Å². The average molecular weight is 380 g/mol. The van der Waals surface area contributed by atoms with E-state index in [1.54, 1.807) is 0 Å². The zero-order valence-electron chi connectivity index (χ0n) is 13.9. The van der Waals surface area contributed by atoms with Crippen LogP contribution in [0, 0.1) is 5.92 Å². The van der Waals surface area contributed by atoms with Gasteiger partial charge in [0.15, 0.2) is 0 Å². The largest absolute Gasteiger partial charge is 0.410 e. The Morgan fingerprint density at radius 2 is 2.20 bits per heavy atom. The van der Waals surface area contributed by atoms with Crippen molar-refractivity contribution in [2.45, 2.75) is 43.9 Å². The molecule has 9 heteroatoms. The van der Waals surface area contributed by atoms with E-state index in [9.17, 15) is 9.59 Å². The molecule has 2 atom stereocenters. The van der Waals surface area contributed by atoms with Crippen molar-refractivity contribution < 1.29 is 14.0 Å². The van der Waals surface area contributed by atoms with E-state index in [1.165, 1.54) is 17.8 Å². The van der Waals surface area contributed by atoms with E-state index in [1.807, 2.05) is 17.5 Å². The Hall–Kier alpha value is -1.87. The molecule has 1 saturated carbocycles. The number of carbonyl (C=O) groups is 2. The number of thioether (sulfide) groups is 1. The molecule has 3 rings (SSSR count). The summed E-state index contributed by atoms with van der Waals surface area (Å²) in [6, 6.07) is 3.49. The van der Waals surface area contributed by atoms with Crippen LogP contribution in [-0.4, -0.2) is 33.9 Å². The van der Waals surface area contributed by atoms with Gasteiger partial charge in [0.2, 0.25) is 5.91 Å². The molecule has 3 amide bonds. The number of imide groups is 1. The molecule has 25 heavy (non-hydrogen) atoms. The van der Waals surface area contributed by atoms with Crippen molar-refractivity contribution in [3.63, 3.8) is 0 Å². The molecule has 1 fully saturated rings. The number of hydrogen-bond donors (Lipinski definition) is 2. The Balaban J connectivity index is 1.42. The van der Waals surface area contributed by atoms with Crippen LogP contribution in [0.5, 0.6) is 0 Å². The summed E-state index contributed by atoms with van der Waals surface area (Å²) in [6.45, 7) is 2.13. The zero-order valence-corrected chi connectivity index (χ0v) is 15.5. The molecule has 2 heterocycles. The van der Waals surface area contributed by atoms with Crippen LogP contribution in [0.2, 0.25) is 0 Å². The number of urea groups is 1. The fourth-order valence-electron chi connectivity index (χ4n) is 2.79.